The fraction of sp³-hybridized carbons (Fsp3) is 0.286. The predicted molar refractivity (Wildman–Crippen MR) is 152 cm³/mol. The van der Waals surface area contributed by atoms with Crippen molar-refractivity contribution in [1.82, 2.24) is 24.6 Å². The van der Waals surface area contributed by atoms with Crippen LogP contribution in [0.3, 0.4) is 0 Å². The Labute approximate surface area is 237 Å². The molecule has 3 N–H and O–H groups in total. The summed E-state index contributed by atoms with van der Waals surface area (Å²) in [6, 6.07) is 16.9. The smallest absolute Gasteiger partial charge is 0.459 e. The second-order valence-corrected chi connectivity index (χ2v) is 11.2. The molecule has 4 atom stereocenters. The molecule has 0 saturated heterocycles. The average molecular weight is 579 g/mol. The van der Waals surface area contributed by atoms with Gasteiger partial charge in [-0.15, -0.1) is 0 Å². The van der Waals surface area contributed by atoms with E-state index in [2.05, 4.69) is 20.0 Å². The molecule has 0 aliphatic heterocycles. The van der Waals surface area contributed by atoms with E-state index in [0.717, 1.165) is 5.56 Å². The van der Waals surface area contributed by atoms with Crippen LogP contribution >= 0.6 is 7.75 Å². The van der Waals surface area contributed by atoms with Crippen LogP contribution < -0.4 is 20.1 Å². The largest absolute Gasteiger partial charge is 0.479 e. The molecule has 13 heteroatoms. The topological polar surface area (TPSA) is 153 Å². The molecule has 0 spiro atoms. The molecule has 4 aromatic rings. The molecular formula is C28H31N6O6P. The summed E-state index contributed by atoms with van der Waals surface area (Å²) in [5, 5.41) is 2.74. The second-order valence-electron chi connectivity index (χ2n) is 9.50. The molecule has 0 saturated carbocycles. The van der Waals surface area contributed by atoms with E-state index in [1.165, 1.54) is 7.11 Å². The van der Waals surface area contributed by atoms with Crippen LogP contribution in [0.15, 0.2) is 79.1 Å². The van der Waals surface area contributed by atoms with Gasteiger partial charge in [-0.25, -0.2) is 9.55 Å². The summed E-state index contributed by atoms with van der Waals surface area (Å²) >= 11 is 0. The molecule has 5 rings (SSSR count). The van der Waals surface area contributed by atoms with Gasteiger partial charge in [0.15, 0.2) is 11.2 Å². The molecule has 0 bridgehead atoms. The maximum atomic E-state index is 13.9. The number of ether oxygens (including phenoxy) is 2. The molecule has 41 heavy (non-hydrogen) atoms. The number of carbonyl (C=O) groups is 1. The number of hydrogen-bond acceptors (Lipinski definition) is 10. The van der Waals surface area contributed by atoms with Crippen LogP contribution in [0.25, 0.3) is 11.2 Å². The summed E-state index contributed by atoms with van der Waals surface area (Å²) in [5.74, 6) is 0.0328. The number of anilines is 1. The van der Waals surface area contributed by atoms with Gasteiger partial charge >= 0.3 is 13.7 Å². The van der Waals surface area contributed by atoms with Gasteiger partial charge in [0.1, 0.15) is 18.4 Å². The first-order chi connectivity index (χ1) is 19.8. The van der Waals surface area contributed by atoms with Crippen molar-refractivity contribution >= 4 is 30.8 Å². The van der Waals surface area contributed by atoms with E-state index >= 15 is 0 Å². The second kappa shape index (κ2) is 12.5. The Morgan fingerprint density at radius 1 is 1.12 bits per heavy atom. The highest BCUT2D eigenvalue weighted by atomic mass is 31.2. The van der Waals surface area contributed by atoms with Gasteiger partial charge in [0.25, 0.3) is 0 Å². The van der Waals surface area contributed by atoms with Gasteiger partial charge in [0.05, 0.1) is 26.1 Å². The minimum atomic E-state index is -3.99. The molecule has 0 fully saturated rings. The van der Waals surface area contributed by atoms with Crippen LogP contribution in [0, 0.1) is 5.92 Å². The first kappa shape index (κ1) is 28.3. The quantitative estimate of drug-likeness (QED) is 0.139. The summed E-state index contributed by atoms with van der Waals surface area (Å²) in [7, 11) is -2.50. The number of rotatable bonds is 12. The normalized spacial score (nSPS) is 18.6. The van der Waals surface area contributed by atoms with Crippen molar-refractivity contribution in [2.45, 2.75) is 32.0 Å². The van der Waals surface area contributed by atoms with Gasteiger partial charge in [-0.3, -0.25) is 9.32 Å². The first-order valence-electron chi connectivity index (χ1n) is 13.0. The number of nitrogens with zero attached hydrogens (tertiary/aromatic N) is 4. The molecule has 2 aromatic heterocycles. The van der Waals surface area contributed by atoms with Crippen LogP contribution in [0.5, 0.6) is 11.6 Å². The number of allylic oxidation sites excluding steroid dienone is 1. The van der Waals surface area contributed by atoms with E-state index in [1.807, 2.05) is 53.1 Å². The lowest BCUT2D eigenvalue weighted by Gasteiger charge is -2.24. The molecule has 1 aliphatic rings. The lowest BCUT2D eigenvalue weighted by molar-refractivity contribution is -0.146. The van der Waals surface area contributed by atoms with E-state index in [1.54, 1.807) is 37.5 Å². The minimum absolute atomic E-state index is 0.0724. The summed E-state index contributed by atoms with van der Waals surface area (Å²) in [4.78, 5) is 25.5. The summed E-state index contributed by atoms with van der Waals surface area (Å²) in [6.45, 7) is 1.72. The van der Waals surface area contributed by atoms with Gasteiger partial charge in [0, 0.05) is 5.92 Å². The van der Waals surface area contributed by atoms with Gasteiger partial charge in [-0.2, -0.15) is 15.1 Å². The monoisotopic (exact) mass is 578 g/mol. The fourth-order valence-electron chi connectivity index (χ4n) is 4.42. The number of fused-ring (bicyclic) bond motifs is 1. The third kappa shape index (κ3) is 6.91. The molecule has 2 aromatic carbocycles. The van der Waals surface area contributed by atoms with E-state index in [9.17, 15) is 9.36 Å². The van der Waals surface area contributed by atoms with Crippen molar-refractivity contribution in [1.29, 1.82) is 0 Å². The molecule has 0 amide bonds. The summed E-state index contributed by atoms with van der Waals surface area (Å²) in [6.07, 6.45) is 6.26. The Morgan fingerprint density at radius 3 is 2.59 bits per heavy atom. The third-order valence-corrected chi connectivity index (χ3v) is 8.11. The van der Waals surface area contributed by atoms with Crippen LogP contribution in [0.1, 0.15) is 24.9 Å². The number of methoxy groups -OCH3 is 1. The Balaban J connectivity index is 1.24. The van der Waals surface area contributed by atoms with E-state index in [-0.39, 0.29) is 31.1 Å². The minimum Gasteiger partial charge on any atom is -0.479 e. The van der Waals surface area contributed by atoms with Crippen LogP contribution in [0.2, 0.25) is 0 Å². The molecule has 12 nitrogen and oxygen atoms in total. The van der Waals surface area contributed by atoms with Crippen LogP contribution in [-0.4, -0.2) is 45.2 Å². The SMILES string of the molecule is COc1nc(N)nc2c1ncn2[C@H]1C=C[C@@H](COP(=O)(N[C@@H](C)C(=O)OCc2ccccc2)Oc2ccccc2)C1. The summed E-state index contributed by atoms with van der Waals surface area (Å²) in [5.41, 5.74) is 7.75. The lowest BCUT2D eigenvalue weighted by atomic mass is 10.1. The average Bonchev–Trinajstić information content (AvgIpc) is 3.62. The number of nitrogens with one attached hydrogen (secondary N) is 1. The Hall–Kier alpha value is -4.25. The van der Waals surface area contributed by atoms with Crippen molar-refractivity contribution in [3.05, 3.63) is 84.7 Å². The maximum absolute atomic E-state index is 13.9. The highest BCUT2D eigenvalue weighted by Gasteiger charge is 2.34. The van der Waals surface area contributed by atoms with Gasteiger partial charge in [-0.05, 0) is 31.0 Å². The lowest BCUT2D eigenvalue weighted by Crippen LogP contribution is -2.35. The molecule has 1 unspecified atom stereocenters. The highest BCUT2D eigenvalue weighted by molar-refractivity contribution is 7.52. The number of para-hydroxylation sites is 1. The van der Waals surface area contributed by atoms with Crippen molar-refractivity contribution in [2.75, 3.05) is 19.5 Å². The van der Waals surface area contributed by atoms with Crippen molar-refractivity contribution in [2.24, 2.45) is 5.92 Å². The number of esters is 1. The van der Waals surface area contributed by atoms with Gasteiger partial charge < -0.3 is 24.3 Å². The van der Waals surface area contributed by atoms with Crippen LogP contribution in [0.4, 0.5) is 5.95 Å². The van der Waals surface area contributed by atoms with E-state index < -0.39 is 19.8 Å². The van der Waals surface area contributed by atoms with E-state index in [4.69, 9.17) is 24.3 Å². The molecule has 214 valence electrons. The standard InChI is InChI=1S/C28H31N6O6P/c1-19(27(35)38-16-20-9-5-3-6-10-20)33-41(36,40-23-11-7-4-8-12-23)39-17-21-13-14-22(15-21)34-18-30-24-25(34)31-28(29)32-26(24)37-2/h3-14,18-19,21-22H,15-17H2,1-2H3,(H,33,36)(H2,29,31,32)/t19-,21+,22-,41?/m0/s1. The van der Waals surface area contributed by atoms with Crippen molar-refractivity contribution in [3.8, 4) is 11.6 Å². The number of aromatic nitrogens is 4. The predicted octanol–water partition coefficient (Wildman–Crippen LogP) is 4.46. The number of imidazole rings is 1. The Kier molecular flexibility index (Phi) is 8.63. The maximum Gasteiger partial charge on any atom is 0.459 e. The Morgan fingerprint density at radius 2 is 1.85 bits per heavy atom. The zero-order chi connectivity index (χ0) is 28.8. The summed E-state index contributed by atoms with van der Waals surface area (Å²) < 4.78 is 38.1. The number of benzene rings is 2. The number of carbonyl (C=O) groups excluding carboxylic acids is 1. The van der Waals surface area contributed by atoms with Gasteiger partial charge in [-0.1, -0.05) is 60.7 Å². The van der Waals surface area contributed by atoms with Crippen molar-refractivity contribution < 1.29 is 27.9 Å². The molecule has 0 radical (unpaired) electrons. The Bertz CT molecular complexity index is 1560. The first-order valence-corrected chi connectivity index (χ1v) is 14.6. The number of nitrogen functional groups attached to an aromatic ring is 1. The zero-order valence-corrected chi connectivity index (χ0v) is 23.5. The number of hydrogen-bond donors (Lipinski definition) is 2. The zero-order valence-electron chi connectivity index (χ0n) is 22.6. The molecule has 1 aliphatic carbocycles. The number of nitrogens with two attached hydrogens (primary N) is 1. The third-order valence-electron chi connectivity index (χ3n) is 6.46. The van der Waals surface area contributed by atoms with E-state index in [0.29, 0.717) is 29.2 Å². The molecular weight excluding hydrogens is 547 g/mol. The fourth-order valence-corrected chi connectivity index (χ4v) is 5.97. The van der Waals surface area contributed by atoms with Crippen LogP contribution in [-0.2, 0) is 25.2 Å². The van der Waals surface area contributed by atoms with Crippen molar-refractivity contribution in [3.63, 3.8) is 0 Å². The van der Waals surface area contributed by atoms with Gasteiger partial charge in [0.2, 0.25) is 11.8 Å². The molecule has 2 heterocycles. The highest BCUT2D eigenvalue weighted by Crippen LogP contribution is 2.46.